The molecule has 0 aliphatic carbocycles. The van der Waals surface area contributed by atoms with Gasteiger partial charge in [-0.15, -0.1) is 11.3 Å². The zero-order chi connectivity index (χ0) is 13.8. The van der Waals surface area contributed by atoms with Crippen molar-refractivity contribution in [1.29, 1.82) is 0 Å². The van der Waals surface area contributed by atoms with Gasteiger partial charge in [0.15, 0.2) is 0 Å². The maximum absolute atomic E-state index is 11.3. The van der Waals surface area contributed by atoms with Crippen molar-refractivity contribution in [1.82, 2.24) is 0 Å². The number of carbonyl (C=O) groups is 1. The summed E-state index contributed by atoms with van der Waals surface area (Å²) in [6.07, 6.45) is 0.223. The van der Waals surface area contributed by atoms with Crippen LogP contribution in [0.2, 0.25) is 10.0 Å². The van der Waals surface area contributed by atoms with Gasteiger partial charge in [-0.05, 0) is 23.1 Å². The molecule has 0 aliphatic rings. The van der Waals surface area contributed by atoms with E-state index in [0.717, 1.165) is 11.3 Å². The summed E-state index contributed by atoms with van der Waals surface area (Å²) in [6.45, 7) is 0. The maximum atomic E-state index is 11.3. The summed E-state index contributed by atoms with van der Waals surface area (Å²) in [5, 5.41) is 7.93. The minimum absolute atomic E-state index is 0.223. The van der Waals surface area contributed by atoms with Crippen LogP contribution in [-0.2, 0) is 16.0 Å². The number of carbonyl (C=O) groups excluding carboxylic acids is 1. The maximum Gasteiger partial charge on any atom is 0.310 e. The molecule has 1 aromatic heterocycles. The number of hydrogen-bond donors (Lipinski definition) is 1. The normalized spacial score (nSPS) is 10.3. The van der Waals surface area contributed by atoms with Crippen molar-refractivity contribution in [2.24, 2.45) is 0 Å². The third-order valence-corrected chi connectivity index (χ3v) is 4.14. The van der Waals surface area contributed by atoms with E-state index in [4.69, 9.17) is 23.2 Å². The molecule has 100 valence electrons. The highest BCUT2D eigenvalue weighted by molar-refractivity contribution is 7.08. The Bertz CT molecular complexity index is 598. The van der Waals surface area contributed by atoms with Gasteiger partial charge in [0.2, 0.25) is 0 Å². The predicted molar refractivity (Wildman–Crippen MR) is 79.8 cm³/mol. The van der Waals surface area contributed by atoms with Gasteiger partial charge < -0.3 is 10.1 Å². The smallest absolute Gasteiger partial charge is 0.310 e. The number of anilines is 2. The second-order valence-corrected chi connectivity index (χ2v) is 5.32. The predicted octanol–water partition coefficient (Wildman–Crippen LogP) is 4.51. The highest BCUT2D eigenvalue weighted by Gasteiger charge is 2.11. The van der Waals surface area contributed by atoms with E-state index in [2.05, 4.69) is 10.1 Å². The lowest BCUT2D eigenvalue weighted by Gasteiger charge is -2.09. The van der Waals surface area contributed by atoms with Gasteiger partial charge in [-0.2, -0.15) is 0 Å². The molecule has 3 nitrogen and oxygen atoms in total. The number of benzene rings is 1. The first-order valence-corrected chi connectivity index (χ1v) is 7.14. The summed E-state index contributed by atoms with van der Waals surface area (Å²) in [5.74, 6) is -0.279. The minimum atomic E-state index is -0.279. The number of halogens is 2. The van der Waals surface area contributed by atoms with Crippen LogP contribution in [0.3, 0.4) is 0 Å². The van der Waals surface area contributed by atoms with Crippen molar-refractivity contribution < 1.29 is 9.53 Å². The quantitative estimate of drug-likeness (QED) is 0.843. The summed E-state index contributed by atoms with van der Waals surface area (Å²) < 4.78 is 4.66. The minimum Gasteiger partial charge on any atom is -0.469 e. The zero-order valence-electron chi connectivity index (χ0n) is 10.1. The first-order chi connectivity index (χ1) is 9.11. The summed E-state index contributed by atoms with van der Waals surface area (Å²) in [6, 6.07) is 5.36. The van der Waals surface area contributed by atoms with E-state index in [9.17, 15) is 4.79 Å². The lowest BCUT2D eigenvalue weighted by molar-refractivity contribution is -0.139. The second kappa shape index (κ2) is 6.28. The van der Waals surface area contributed by atoms with Crippen LogP contribution in [-0.4, -0.2) is 13.1 Å². The topological polar surface area (TPSA) is 38.3 Å². The number of esters is 1. The first-order valence-electron chi connectivity index (χ1n) is 5.44. The molecule has 0 bridgehead atoms. The fourth-order valence-electron chi connectivity index (χ4n) is 1.54. The third-order valence-electron chi connectivity index (χ3n) is 2.53. The van der Waals surface area contributed by atoms with Crippen molar-refractivity contribution in [3.8, 4) is 0 Å². The van der Waals surface area contributed by atoms with Crippen LogP contribution < -0.4 is 5.32 Å². The molecule has 0 fully saturated rings. The molecule has 0 radical (unpaired) electrons. The zero-order valence-corrected chi connectivity index (χ0v) is 12.4. The van der Waals surface area contributed by atoms with Crippen LogP contribution in [0, 0.1) is 0 Å². The fraction of sp³-hybridized carbons (Fsp3) is 0.154. The summed E-state index contributed by atoms with van der Waals surface area (Å²) >= 11 is 13.6. The van der Waals surface area contributed by atoms with E-state index in [1.165, 1.54) is 18.4 Å². The van der Waals surface area contributed by atoms with Crippen molar-refractivity contribution in [3.63, 3.8) is 0 Å². The van der Waals surface area contributed by atoms with E-state index in [1.807, 2.05) is 22.9 Å². The van der Waals surface area contributed by atoms with Gasteiger partial charge in [-0.25, -0.2) is 0 Å². The van der Waals surface area contributed by atoms with E-state index < -0.39 is 0 Å². The molecule has 0 atom stereocenters. The van der Waals surface area contributed by atoms with Crippen LogP contribution in [0.15, 0.2) is 29.0 Å². The van der Waals surface area contributed by atoms with Gasteiger partial charge in [0.05, 0.1) is 35.0 Å². The van der Waals surface area contributed by atoms with E-state index >= 15 is 0 Å². The Kier molecular flexibility index (Phi) is 4.69. The number of hydrogen-bond acceptors (Lipinski definition) is 4. The van der Waals surface area contributed by atoms with Crippen LogP contribution >= 0.6 is 34.5 Å². The van der Waals surface area contributed by atoms with Crippen molar-refractivity contribution >= 4 is 51.9 Å². The Morgan fingerprint density at radius 3 is 2.84 bits per heavy atom. The molecule has 6 heteroatoms. The first kappa shape index (κ1) is 14.2. The lowest BCUT2D eigenvalue weighted by Crippen LogP contribution is -2.05. The largest absolute Gasteiger partial charge is 0.469 e. The molecule has 0 aliphatic heterocycles. The van der Waals surface area contributed by atoms with Crippen LogP contribution in [0.5, 0.6) is 0 Å². The summed E-state index contributed by atoms with van der Waals surface area (Å²) in [4.78, 5) is 11.3. The number of thiophene rings is 1. The van der Waals surface area contributed by atoms with Gasteiger partial charge in [0.1, 0.15) is 0 Å². The molecular weight excluding hydrogens is 305 g/mol. The number of ether oxygens (including phenoxy) is 1. The average molecular weight is 316 g/mol. The molecule has 19 heavy (non-hydrogen) atoms. The Balaban J connectivity index is 2.22. The van der Waals surface area contributed by atoms with Gasteiger partial charge in [0, 0.05) is 5.38 Å². The average Bonchev–Trinajstić information content (AvgIpc) is 2.82. The highest BCUT2D eigenvalue weighted by atomic mass is 35.5. The molecule has 0 unspecified atom stereocenters. The Morgan fingerprint density at radius 2 is 2.11 bits per heavy atom. The number of nitrogens with one attached hydrogen (secondary N) is 1. The van der Waals surface area contributed by atoms with E-state index in [0.29, 0.717) is 15.7 Å². The van der Waals surface area contributed by atoms with Crippen molar-refractivity contribution in [2.45, 2.75) is 6.42 Å². The van der Waals surface area contributed by atoms with Crippen molar-refractivity contribution in [2.75, 3.05) is 12.4 Å². The monoisotopic (exact) mass is 315 g/mol. The molecule has 0 saturated heterocycles. The van der Waals surface area contributed by atoms with Crippen LogP contribution in [0.25, 0.3) is 0 Å². The number of rotatable bonds is 4. The molecule has 1 heterocycles. The Labute approximate surface area is 125 Å². The molecule has 1 N–H and O–H groups in total. The molecule has 0 spiro atoms. The molecule has 0 saturated carbocycles. The third kappa shape index (κ3) is 3.41. The molecular formula is C13H11Cl2NO2S. The second-order valence-electron chi connectivity index (χ2n) is 3.79. The lowest BCUT2D eigenvalue weighted by atomic mass is 10.2. The molecule has 0 amide bonds. The van der Waals surface area contributed by atoms with Gasteiger partial charge in [-0.3, -0.25) is 4.79 Å². The standard InChI is InChI=1S/C13H11Cl2NO2S/c1-18-12(17)5-8-6-19-7-11(8)16-10-4-2-3-9(14)13(10)15/h2-4,6-7,16H,5H2,1H3. The van der Waals surface area contributed by atoms with Gasteiger partial charge in [-0.1, -0.05) is 29.3 Å². The Morgan fingerprint density at radius 1 is 1.32 bits per heavy atom. The van der Waals surface area contributed by atoms with E-state index in [-0.39, 0.29) is 12.4 Å². The fourth-order valence-corrected chi connectivity index (χ4v) is 2.68. The molecule has 2 rings (SSSR count). The Hall–Kier alpha value is -1.23. The van der Waals surface area contributed by atoms with Crippen LogP contribution in [0.4, 0.5) is 11.4 Å². The number of methoxy groups -OCH3 is 1. The van der Waals surface area contributed by atoms with Crippen LogP contribution in [0.1, 0.15) is 5.56 Å². The molecule has 1 aromatic carbocycles. The van der Waals surface area contributed by atoms with Crippen molar-refractivity contribution in [3.05, 3.63) is 44.6 Å². The highest BCUT2D eigenvalue weighted by Crippen LogP contribution is 2.33. The SMILES string of the molecule is COC(=O)Cc1cscc1Nc1cccc(Cl)c1Cl. The summed E-state index contributed by atoms with van der Waals surface area (Å²) in [5.41, 5.74) is 2.41. The molecule has 2 aromatic rings. The summed E-state index contributed by atoms with van der Waals surface area (Å²) in [7, 11) is 1.37. The van der Waals surface area contributed by atoms with Gasteiger partial charge in [0.25, 0.3) is 0 Å². The van der Waals surface area contributed by atoms with E-state index in [1.54, 1.807) is 6.07 Å². The van der Waals surface area contributed by atoms with Gasteiger partial charge >= 0.3 is 5.97 Å².